The van der Waals surface area contributed by atoms with Crippen molar-refractivity contribution >= 4 is 5.91 Å². The molecule has 0 heterocycles. The summed E-state index contributed by atoms with van der Waals surface area (Å²) in [6, 6.07) is 0. The van der Waals surface area contributed by atoms with E-state index in [1.807, 2.05) is 0 Å². The maximum atomic E-state index is 11.5. The minimum Gasteiger partial charge on any atom is -0.370 e. The molecule has 4 aliphatic rings. The summed E-state index contributed by atoms with van der Waals surface area (Å²) in [6.07, 6.45) is 17.6. The summed E-state index contributed by atoms with van der Waals surface area (Å²) in [5.74, 6) is 6.91. The Bertz CT molecular complexity index is 643. The highest BCUT2D eigenvalue weighted by Crippen LogP contribution is 2.68. The number of primary amides is 1. The molecule has 4 fully saturated rings. The number of hydrogen-bond donors (Lipinski definition) is 1. The molecule has 4 saturated carbocycles. The molecule has 4 rings (SSSR count). The van der Waals surface area contributed by atoms with Crippen molar-refractivity contribution in [3.63, 3.8) is 0 Å². The number of fused-ring (bicyclic) bond motifs is 5. The average molecular weight is 430 g/mol. The van der Waals surface area contributed by atoms with E-state index in [1.165, 1.54) is 77.0 Å². The highest BCUT2D eigenvalue weighted by atomic mass is 16.1. The van der Waals surface area contributed by atoms with Crippen molar-refractivity contribution in [2.24, 2.45) is 63.9 Å². The van der Waals surface area contributed by atoms with Crippen LogP contribution in [0.15, 0.2) is 0 Å². The van der Waals surface area contributed by atoms with Crippen LogP contribution in [0.25, 0.3) is 0 Å². The molecule has 2 N–H and O–H groups in total. The second kappa shape index (κ2) is 9.02. The molecule has 0 aromatic heterocycles. The average Bonchev–Trinajstić information content (AvgIpc) is 3.05. The van der Waals surface area contributed by atoms with Crippen molar-refractivity contribution in [1.29, 1.82) is 0 Å². The summed E-state index contributed by atoms with van der Waals surface area (Å²) >= 11 is 0. The Morgan fingerprint density at radius 3 is 2.32 bits per heavy atom. The molecule has 0 bridgehead atoms. The van der Waals surface area contributed by atoms with Gasteiger partial charge in [-0.25, -0.2) is 0 Å². The first-order chi connectivity index (χ1) is 14.6. The summed E-state index contributed by atoms with van der Waals surface area (Å²) in [7, 11) is 0. The van der Waals surface area contributed by atoms with Crippen molar-refractivity contribution in [1.82, 2.24) is 0 Å². The highest BCUT2D eigenvalue weighted by molar-refractivity contribution is 5.74. The van der Waals surface area contributed by atoms with Crippen LogP contribution in [0.4, 0.5) is 0 Å². The largest absolute Gasteiger partial charge is 0.370 e. The molecule has 0 aromatic rings. The smallest absolute Gasteiger partial charge is 0.217 e. The number of carbonyl (C=O) groups is 1. The van der Waals surface area contributed by atoms with Crippen molar-refractivity contribution in [2.75, 3.05) is 0 Å². The van der Waals surface area contributed by atoms with Crippen molar-refractivity contribution in [2.45, 2.75) is 118 Å². The van der Waals surface area contributed by atoms with Crippen molar-refractivity contribution in [3.05, 3.63) is 0 Å². The lowest BCUT2D eigenvalue weighted by Crippen LogP contribution is -2.53. The Kier molecular flexibility index (Phi) is 6.87. The monoisotopic (exact) mass is 429 g/mol. The van der Waals surface area contributed by atoms with Crippen molar-refractivity contribution < 1.29 is 4.79 Å². The molecular formula is C29H51NO. The molecule has 0 saturated heterocycles. The SMILES string of the molecule is CC(C)CCC[C@@H](C)[C@H]1CC[C@H]2[C@@H]3CCC4C[C@@H](CC(N)=O)CC[C@]4(C)[C@H]3CC[C@]12C. The molecule has 0 spiro atoms. The molecule has 1 amide bonds. The van der Waals surface area contributed by atoms with Crippen LogP contribution < -0.4 is 5.73 Å². The first-order valence-corrected chi connectivity index (χ1v) is 13.9. The van der Waals surface area contributed by atoms with Crippen LogP contribution >= 0.6 is 0 Å². The quantitative estimate of drug-likeness (QED) is 0.445. The highest BCUT2D eigenvalue weighted by Gasteiger charge is 2.60. The van der Waals surface area contributed by atoms with Gasteiger partial charge in [-0.3, -0.25) is 4.79 Å². The third-order valence-corrected chi connectivity index (χ3v) is 11.5. The first-order valence-electron chi connectivity index (χ1n) is 13.9. The molecule has 9 atom stereocenters. The summed E-state index contributed by atoms with van der Waals surface area (Å²) in [6.45, 7) is 12.7. The number of amides is 1. The summed E-state index contributed by atoms with van der Waals surface area (Å²) in [5.41, 5.74) is 6.68. The summed E-state index contributed by atoms with van der Waals surface area (Å²) in [5, 5.41) is 0. The van der Waals surface area contributed by atoms with Crippen LogP contribution in [0.1, 0.15) is 118 Å². The first kappa shape index (κ1) is 23.6. The van der Waals surface area contributed by atoms with E-state index in [0.717, 1.165) is 41.4 Å². The zero-order valence-electron chi connectivity index (χ0n) is 21.3. The van der Waals surface area contributed by atoms with E-state index >= 15 is 0 Å². The Hall–Kier alpha value is -0.530. The molecule has 0 aliphatic heterocycles. The number of rotatable bonds is 7. The van der Waals surface area contributed by atoms with E-state index in [9.17, 15) is 4.79 Å². The van der Waals surface area contributed by atoms with Gasteiger partial charge >= 0.3 is 0 Å². The molecule has 178 valence electrons. The van der Waals surface area contributed by atoms with E-state index in [4.69, 9.17) is 5.73 Å². The Balaban J connectivity index is 1.43. The van der Waals surface area contributed by atoms with Gasteiger partial charge in [-0.2, -0.15) is 0 Å². The van der Waals surface area contributed by atoms with Crippen LogP contribution in [-0.4, -0.2) is 5.91 Å². The Morgan fingerprint density at radius 2 is 1.61 bits per heavy atom. The predicted molar refractivity (Wildman–Crippen MR) is 130 cm³/mol. The minimum absolute atomic E-state index is 0.0877. The Morgan fingerprint density at radius 1 is 0.903 bits per heavy atom. The second-order valence-electron chi connectivity index (χ2n) is 13.5. The van der Waals surface area contributed by atoms with E-state index in [1.54, 1.807) is 0 Å². The minimum atomic E-state index is -0.0877. The van der Waals surface area contributed by atoms with Crippen LogP contribution in [-0.2, 0) is 4.79 Å². The van der Waals surface area contributed by atoms with Gasteiger partial charge in [0.2, 0.25) is 5.91 Å². The third kappa shape index (κ3) is 4.35. The van der Waals surface area contributed by atoms with Gasteiger partial charge in [0.1, 0.15) is 0 Å². The van der Waals surface area contributed by atoms with Gasteiger partial charge in [-0.05, 0) is 116 Å². The van der Waals surface area contributed by atoms with E-state index < -0.39 is 0 Å². The number of nitrogens with two attached hydrogens (primary N) is 1. The molecular weight excluding hydrogens is 378 g/mol. The second-order valence-corrected chi connectivity index (χ2v) is 13.5. The molecule has 1 unspecified atom stereocenters. The summed E-state index contributed by atoms with van der Waals surface area (Å²) < 4.78 is 0. The lowest BCUT2D eigenvalue weighted by molar-refractivity contribution is -0.128. The molecule has 31 heavy (non-hydrogen) atoms. The summed E-state index contributed by atoms with van der Waals surface area (Å²) in [4.78, 5) is 11.5. The third-order valence-electron chi connectivity index (χ3n) is 11.5. The standard InChI is InChI=1S/C29H51NO/c1-19(2)7-6-8-20(3)24-11-12-25-23-10-9-22-17-21(18-27(30)31)13-15-28(22,4)26(23)14-16-29(24,25)5/h19-26H,6-18H2,1-5H3,(H2,30,31)/t20-,21+,22?,23+,24-,25+,26+,28+,29-/m1/s1. The lowest BCUT2D eigenvalue weighted by Gasteiger charge is -2.61. The van der Waals surface area contributed by atoms with Gasteiger partial charge in [-0.15, -0.1) is 0 Å². The fourth-order valence-electron chi connectivity index (χ4n) is 9.84. The molecule has 2 heteroatoms. The van der Waals surface area contributed by atoms with Crippen LogP contribution in [0, 0.1) is 58.2 Å². The van der Waals surface area contributed by atoms with Gasteiger partial charge < -0.3 is 5.73 Å². The normalized spacial score (nSPS) is 45.6. The van der Waals surface area contributed by atoms with Gasteiger partial charge in [0.25, 0.3) is 0 Å². The number of hydrogen-bond acceptors (Lipinski definition) is 1. The van der Waals surface area contributed by atoms with Crippen LogP contribution in [0.5, 0.6) is 0 Å². The zero-order chi connectivity index (χ0) is 22.4. The van der Waals surface area contributed by atoms with Crippen molar-refractivity contribution in [3.8, 4) is 0 Å². The van der Waals surface area contributed by atoms with Gasteiger partial charge in [0.15, 0.2) is 0 Å². The van der Waals surface area contributed by atoms with E-state index in [-0.39, 0.29) is 5.91 Å². The van der Waals surface area contributed by atoms with Gasteiger partial charge in [-0.1, -0.05) is 53.9 Å². The zero-order valence-corrected chi connectivity index (χ0v) is 21.3. The van der Waals surface area contributed by atoms with E-state index in [0.29, 0.717) is 23.2 Å². The number of carbonyl (C=O) groups excluding carboxylic acids is 1. The fraction of sp³-hybridized carbons (Fsp3) is 0.966. The van der Waals surface area contributed by atoms with Gasteiger partial charge in [0, 0.05) is 6.42 Å². The maximum absolute atomic E-state index is 11.5. The molecule has 2 nitrogen and oxygen atoms in total. The molecule has 4 aliphatic carbocycles. The Labute approximate surface area is 192 Å². The molecule has 0 radical (unpaired) electrons. The predicted octanol–water partition coefficient (Wildman–Crippen LogP) is 7.60. The van der Waals surface area contributed by atoms with Crippen LogP contribution in [0.2, 0.25) is 0 Å². The maximum Gasteiger partial charge on any atom is 0.217 e. The van der Waals surface area contributed by atoms with E-state index in [2.05, 4.69) is 34.6 Å². The lowest BCUT2D eigenvalue weighted by atomic mass is 9.44. The van der Waals surface area contributed by atoms with Crippen LogP contribution in [0.3, 0.4) is 0 Å². The fourth-order valence-corrected chi connectivity index (χ4v) is 9.84. The van der Waals surface area contributed by atoms with Gasteiger partial charge in [0.05, 0.1) is 0 Å². The molecule has 0 aromatic carbocycles. The topological polar surface area (TPSA) is 43.1 Å².